The normalized spacial score (nSPS) is 10.5. The molecule has 1 aliphatic carbocycles. The van der Waals surface area contributed by atoms with Crippen molar-refractivity contribution in [1.82, 2.24) is 9.97 Å². The first kappa shape index (κ1) is 39.0. The molecule has 5 N–H and O–H groups in total. The quantitative estimate of drug-likeness (QED) is 0.0852. The van der Waals surface area contributed by atoms with Crippen molar-refractivity contribution in [2.45, 2.75) is 20.0 Å². The maximum Gasteiger partial charge on any atom is 0.373 e. The summed E-state index contributed by atoms with van der Waals surface area (Å²) in [5.41, 5.74) is 13.6. The van der Waals surface area contributed by atoms with Crippen molar-refractivity contribution in [2.24, 2.45) is 0 Å². The third-order valence-electron chi connectivity index (χ3n) is 9.15. The van der Waals surface area contributed by atoms with Crippen LogP contribution >= 0.6 is 11.6 Å². The molecule has 0 saturated heterocycles. The molecule has 0 spiro atoms. The fraction of sp³-hybridized carbons (Fsp3) is 0.0698. The number of nitrogens with zero attached hydrogens (tertiary/aromatic N) is 2. The van der Waals surface area contributed by atoms with E-state index in [1.807, 2.05) is 73.7 Å². The van der Waals surface area contributed by atoms with E-state index in [0.717, 1.165) is 38.9 Å². The second-order valence-corrected chi connectivity index (χ2v) is 12.9. The Kier molecular flexibility index (Phi) is 11.8. The van der Waals surface area contributed by atoms with Gasteiger partial charge in [-0.05, 0) is 61.0 Å². The topological polar surface area (TPSA) is 212 Å². The molecule has 4 aromatic carbocycles. The van der Waals surface area contributed by atoms with Gasteiger partial charge in [0.05, 0.1) is 38.6 Å². The van der Waals surface area contributed by atoms with Crippen LogP contribution in [0.25, 0.3) is 55.2 Å². The molecule has 57 heavy (non-hydrogen) atoms. The number of nitrogens with one attached hydrogen (secondary N) is 2. The minimum atomic E-state index is -1.10. The fourth-order valence-corrected chi connectivity index (χ4v) is 6.92. The molecule has 0 atom stereocenters. The van der Waals surface area contributed by atoms with Gasteiger partial charge in [-0.25, -0.2) is 4.79 Å². The van der Waals surface area contributed by atoms with Gasteiger partial charge in [-0.2, -0.15) is 19.2 Å². The van der Waals surface area contributed by atoms with E-state index in [9.17, 15) is 14.7 Å². The van der Waals surface area contributed by atoms with Gasteiger partial charge in [0.25, 0.3) is 0 Å². The number of hydrogen-bond donors (Lipinski definition) is 4. The average Bonchev–Trinajstić information content (AvgIpc) is 3.21. The number of para-hydroxylation sites is 2. The third-order valence-corrected chi connectivity index (χ3v) is 9.43. The maximum absolute atomic E-state index is 13.9. The van der Waals surface area contributed by atoms with Crippen LogP contribution in [0.15, 0.2) is 119 Å². The van der Waals surface area contributed by atoms with Crippen LogP contribution in [0.2, 0.25) is 5.02 Å². The Morgan fingerprint density at radius 2 is 1.42 bits per heavy atom. The minimum absolute atomic E-state index is 0.0180. The van der Waals surface area contributed by atoms with Crippen molar-refractivity contribution in [2.75, 3.05) is 16.4 Å². The number of carbonyl (C=O) groups excluding carboxylic acids is 4. The van der Waals surface area contributed by atoms with Crippen LogP contribution in [-0.4, -0.2) is 33.3 Å². The summed E-state index contributed by atoms with van der Waals surface area (Å²) >= 11 is 6.68. The number of benzene rings is 5. The van der Waals surface area contributed by atoms with Crippen LogP contribution in [0.1, 0.15) is 27.2 Å². The summed E-state index contributed by atoms with van der Waals surface area (Å²) < 4.78 is 6.76. The number of nitrogens with two attached hydrogens (primary N) is 1. The zero-order valence-corrected chi connectivity index (χ0v) is 30.7. The molecule has 3 heterocycles. The number of anilines is 3. The number of fused-ring (bicyclic) bond motifs is 4. The molecular formula is C43H30ClN5O8. The van der Waals surface area contributed by atoms with Gasteiger partial charge in [0, 0.05) is 63.5 Å². The second kappa shape index (κ2) is 17.2. The zero-order chi connectivity index (χ0) is 40.6. The van der Waals surface area contributed by atoms with E-state index in [0.29, 0.717) is 38.9 Å². The molecule has 0 saturated carbocycles. The number of aromatic carboxylic acids is 1. The summed E-state index contributed by atoms with van der Waals surface area (Å²) in [6.07, 6.45) is 2.24. The number of hydrogen-bond acceptors (Lipinski definition) is 12. The highest BCUT2D eigenvalue weighted by Crippen LogP contribution is 2.45. The molecule has 2 aromatic heterocycles. The standard InChI is InChI=1S/C41H30ClN5O4.2CO2/c1-22-14-15-24-8-5-13-34(37(24)47-22)46-21-30-38(48)31(42)19-28-35(25-10-2-3-11-26(25)41(49)50)27-16-17-32(43)29(39(27)51-40(28)30)20-45-33-12-4-7-23-9-6-18-44-36(23)33;2*2-1-3/h2-19,45-46H,20-21,43H2,1H3,(H,49,50);;. The first-order valence-electron chi connectivity index (χ1n) is 17.1. The largest absolute Gasteiger partial charge is 0.478 e. The molecule has 0 amide bonds. The van der Waals surface area contributed by atoms with Gasteiger partial charge in [0.15, 0.2) is 0 Å². The number of carboxylic acid groups (broad SMARTS) is 1. The lowest BCUT2D eigenvalue weighted by Gasteiger charge is -2.22. The highest BCUT2D eigenvalue weighted by Gasteiger charge is 2.27. The lowest BCUT2D eigenvalue weighted by molar-refractivity contribution is -0.193. The van der Waals surface area contributed by atoms with Crippen molar-refractivity contribution < 1.29 is 33.5 Å². The molecular weight excluding hydrogens is 750 g/mol. The van der Waals surface area contributed by atoms with Crippen LogP contribution in [0.5, 0.6) is 0 Å². The molecule has 14 heteroatoms. The highest BCUT2D eigenvalue weighted by molar-refractivity contribution is 6.31. The Morgan fingerprint density at radius 3 is 2.12 bits per heavy atom. The van der Waals surface area contributed by atoms with Crippen molar-refractivity contribution in [3.05, 3.63) is 147 Å². The lowest BCUT2D eigenvalue weighted by atomic mass is 9.88. The molecule has 1 aliphatic heterocycles. The van der Waals surface area contributed by atoms with Gasteiger partial charge < -0.3 is 25.9 Å². The minimum Gasteiger partial charge on any atom is -0.478 e. The number of aromatic nitrogens is 2. The summed E-state index contributed by atoms with van der Waals surface area (Å²) in [6, 6.07) is 31.4. The van der Waals surface area contributed by atoms with E-state index >= 15 is 0 Å². The molecule has 6 aromatic rings. The summed E-state index contributed by atoms with van der Waals surface area (Å²) in [5.74, 6) is -0.830. The fourth-order valence-electron chi connectivity index (χ4n) is 6.70. The summed E-state index contributed by atoms with van der Waals surface area (Å²) in [7, 11) is 0. The number of carbonyl (C=O) groups is 1. The van der Waals surface area contributed by atoms with Gasteiger partial charge in [-0.1, -0.05) is 66.2 Å². The van der Waals surface area contributed by atoms with E-state index in [1.165, 1.54) is 0 Å². The van der Waals surface area contributed by atoms with Gasteiger partial charge >= 0.3 is 18.3 Å². The van der Waals surface area contributed by atoms with Gasteiger partial charge in [0.2, 0.25) is 5.43 Å². The number of carboxylic acids is 1. The van der Waals surface area contributed by atoms with E-state index in [1.54, 1.807) is 42.6 Å². The maximum atomic E-state index is 13.9. The Balaban J connectivity index is 0.000000863. The van der Waals surface area contributed by atoms with Gasteiger partial charge in [0.1, 0.15) is 11.3 Å². The smallest absolute Gasteiger partial charge is 0.373 e. The number of nitrogen functional groups attached to an aromatic ring is 1. The van der Waals surface area contributed by atoms with Gasteiger partial charge in [-0.15, -0.1) is 0 Å². The van der Waals surface area contributed by atoms with Crippen LogP contribution in [0.3, 0.4) is 0 Å². The molecule has 0 fully saturated rings. The van der Waals surface area contributed by atoms with Crippen molar-refractivity contribution in [3.63, 3.8) is 0 Å². The van der Waals surface area contributed by atoms with Crippen LogP contribution in [0.4, 0.5) is 17.1 Å². The highest BCUT2D eigenvalue weighted by atomic mass is 35.5. The predicted molar refractivity (Wildman–Crippen MR) is 214 cm³/mol. The van der Waals surface area contributed by atoms with E-state index in [4.69, 9.17) is 45.9 Å². The lowest BCUT2D eigenvalue weighted by Crippen LogP contribution is -2.17. The molecule has 282 valence electrons. The second-order valence-electron chi connectivity index (χ2n) is 12.5. The number of halogens is 1. The van der Waals surface area contributed by atoms with Crippen molar-refractivity contribution in [1.29, 1.82) is 0 Å². The zero-order valence-electron chi connectivity index (χ0n) is 30.0. The molecule has 13 nitrogen and oxygen atoms in total. The predicted octanol–water partition coefficient (Wildman–Crippen LogP) is 7.96. The summed E-state index contributed by atoms with van der Waals surface area (Å²) in [5, 5.41) is 19.7. The Labute approximate surface area is 328 Å². The molecule has 8 rings (SSSR count). The number of rotatable bonds is 8. The average molecular weight is 780 g/mol. The van der Waals surface area contributed by atoms with Crippen LogP contribution < -0.4 is 21.8 Å². The number of aryl methyl sites for hydroxylation is 1. The van der Waals surface area contributed by atoms with Crippen molar-refractivity contribution in [3.8, 4) is 22.5 Å². The molecule has 0 radical (unpaired) electrons. The Morgan fingerprint density at radius 1 is 0.789 bits per heavy atom. The Hall–Kier alpha value is -7.69. The SMILES string of the molecule is Cc1ccc2cccc(NCc3c4oc5c(CNc6cccc7cccnc67)c(N)ccc5c(-c5ccccc5C(=O)O)c-4cc(Cl)c3=O)c2n1.O=C=O.O=C=O. The van der Waals surface area contributed by atoms with E-state index in [-0.39, 0.29) is 47.3 Å². The summed E-state index contributed by atoms with van der Waals surface area (Å²) in [4.78, 5) is 68.3. The van der Waals surface area contributed by atoms with E-state index in [2.05, 4.69) is 15.6 Å². The first-order chi connectivity index (χ1) is 27.6. The van der Waals surface area contributed by atoms with Gasteiger partial charge in [-0.3, -0.25) is 14.8 Å². The number of pyridine rings is 2. The monoisotopic (exact) mass is 779 g/mol. The third kappa shape index (κ3) is 7.93. The van der Waals surface area contributed by atoms with E-state index < -0.39 is 11.4 Å². The van der Waals surface area contributed by atoms with Crippen LogP contribution in [-0.2, 0) is 32.3 Å². The molecule has 0 unspecified atom stereocenters. The summed E-state index contributed by atoms with van der Waals surface area (Å²) in [6.45, 7) is 2.23. The first-order valence-corrected chi connectivity index (χ1v) is 17.5. The van der Waals surface area contributed by atoms with Crippen molar-refractivity contribution >= 4 is 79.7 Å². The Bertz CT molecular complexity index is 2900. The van der Waals surface area contributed by atoms with Crippen LogP contribution in [0, 0.1) is 6.92 Å². The molecule has 0 bridgehead atoms. The molecule has 2 aliphatic rings.